The van der Waals surface area contributed by atoms with Gasteiger partial charge in [-0.25, -0.2) is 0 Å². The molecule has 0 radical (unpaired) electrons. The first-order valence-electron chi connectivity index (χ1n) is 11.8. The molecule has 1 aliphatic heterocycles. The average Bonchev–Trinajstić information content (AvgIpc) is 2.85. The van der Waals surface area contributed by atoms with Gasteiger partial charge in [0.25, 0.3) is 16.0 Å². The fourth-order valence-electron chi connectivity index (χ4n) is 4.21. The first kappa shape index (κ1) is 25.4. The van der Waals surface area contributed by atoms with Gasteiger partial charge in [0.1, 0.15) is 11.3 Å². The molecule has 1 heterocycles. The number of nitrogens with zero attached hydrogens (tertiary/aromatic N) is 2. The summed E-state index contributed by atoms with van der Waals surface area (Å²) in [6, 6.07) is 18.9. The number of anilines is 1. The number of hydrogen-bond acceptors (Lipinski definition) is 6. The summed E-state index contributed by atoms with van der Waals surface area (Å²) < 4.78 is 37.9. The molecule has 1 aliphatic carbocycles. The highest BCUT2D eigenvalue weighted by Crippen LogP contribution is 2.41. The maximum atomic E-state index is 13.4. The smallest absolute Gasteiger partial charge is 0.266 e. The molecule has 36 heavy (non-hydrogen) atoms. The monoisotopic (exact) mass is 507 g/mol. The molecule has 2 aromatic carbocycles. The first-order valence-corrected chi connectivity index (χ1v) is 13.4. The highest BCUT2D eigenvalue weighted by Gasteiger charge is 2.23. The van der Waals surface area contributed by atoms with Crippen molar-refractivity contribution in [2.24, 2.45) is 4.99 Å². The number of hydrogen-bond donors (Lipinski definition) is 2. The zero-order valence-corrected chi connectivity index (χ0v) is 21.3. The van der Waals surface area contributed by atoms with Gasteiger partial charge in [0.15, 0.2) is 0 Å². The molecule has 0 spiro atoms. The second-order valence-electron chi connectivity index (χ2n) is 8.43. The fourth-order valence-corrected chi connectivity index (χ4v) is 4.72. The lowest BCUT2D eigenvalue weighted by molar-refractivity contribution is 0.0804. The van der Waals surface area contributed by atoms with Crippen LogP contribution in [0.1, 0.15) is 24.2 Å². The Morgan fingerprint density at radius 1 is 1.06 bits per heavy atom. The van der Waals surface area contributed by atoms with E-state index in [-0.39, 0.29) is 12.5 Å². The Labute approximate surface area is 210 Å². The molecule has 0 bridgehead atoms. The number of fused-ring (bicyclic) bond motifs is 2. The zero-order valence-electron chi connectivity index (χ0n) is 20.5. The third kappa shape index (κ3) is 5.42. The van der Waals surface area contributed by atoms with Crippen LogP contribution in [0.5, 0.6) is 0 Å². The van der Waals surface area contributed by atoms with Crippen LogP contribution in [0.3, 0.4) is 0 Å². The molecule has 4 rings (SSSR count). The molecule has 188 valence electrons. The van der Waals surface area contributed by atoms with Crippen LogP contribution in [0, 0.1) is 0 Å². The minimum Gasteiger partial charge on any atom is -0.456 e. The summed E-state index contributed by atoms with van der Waals surface area (Å²) in [6.45, 7) is 5.26. The number of nitrogens with one attached hydrogen (secondary N) is 1. The van der Waals surface area contributed by atoms with Crippen molar-refractivity contribution in [2.45, 2.75) is 13.8 Å². The maximum absolute atomic E-state index is 13.4. The van der Waals surface area contributed by atoms with Gasteiger partial charge in [-0.05, 0) is 49.7 Å². The molecular weight excluding hydrogens is 478 g/mol. The molecule has 1 amide bonds. The highest BCUT2D eigenvalue weighted by molar-refractivity contribution is 7.85. The van der Waals surface area contributed by atoms with E-state index in [0.717, 1.165) is 34.1 Å². The Kier molecular flexibility index (Phi) is 7.42. The van der Waals surface area contributed by atoms with E-state index in [1.807, 2.05) is 62.4 Å². The normalized spacial score (nSPS) is 12.3. The highest BCUT2D eigenvalue weighted by atomic mass is 32.2. The van der Waals surface area contributed by atoms with E-state index < -0.39 is 15.9 Å². The molecule has 2 N–H and O–H groups in total. The van der Waals surface area contributed by atoms with Crippen LogP contribution >= 0.6 is 0 Å². The van der Waals surface area contributed by atoms with Crippen molar-refractivity contribution >= 4 is 32.7 Å². The van der Waals surface area contributed by atoms with Gasteiger partial charge in [-0.1, -0.05) is 18.2 Å². The van der Waals surface area contributed by atoms with Crippen LogP contribution < -0.4 is 10.7 Å². The quantitative estimate of drug-likeness (QED) is 0.268. The summed E-state index contributed by atoms with van der Waals surface area (Å²) in [4.78, 5) is 19.2. The van der Waals surface area contributed by atoms with Gasteiger partial charge in [0.05, 0.1) is 11.1 Å². The minimum atomic E-state index is -4.19. The number of rotatable bonds is 8. The second kappa shape index (κ2) is 10.5. The summed E-state index contributed by atoms with van der Waals surface area (Å²) in [7, 11) is -2.68. The molecule has 0 aromatic heterocycles. The third-order valence-corrected chi connectivity index (χ3v) is 6.58. The number of amides is 1. The topological polar surface area (TPSA) is 112 Å². The van der Waals surface area contributed by atoms with Gasteiger partial charge >= 0.3 is 0 Å². The Morgan fingerprint density at radius 2 is 1.83 bits per heavy atom. The Bertz CT molecular complexity index is 1560. The second-order valence-corrected chi connectivity index (χ2v) is 10.0. The van der Waals surface area contributed by atoms with Crippen LogP contribution in [0.4, 0.5) is 5.69 Å². The van der Waals surface area contributed by atoms with E-state index in [0.29, 0.717) is 29.0 Å². The van der Waals surface area contributed by atoms with Gasteiger partial charge < -0.3 is 14.6 Å². The fraction of sp³-hybridized carbons (Fsp3) is 0.259. The zero-order chi connectivity index (χ0) is 25.9. The number of benzene rings is 3. The first-order chi connectivity index (χ1) is 17.2. The Hall–Kier alpha value is -3.69. The van der Waals surface area contributed by atoms with Crippen LogP contribution in [0.25, 0.3) is 33.4 Å². The lowest BCUT2D eigenvalue weighted by Gasteiger charge is -2.21. The van der Waals surface area contributed by atoms with Gasteiger partial charge in [0.2, 0.25) is 0 Å². The molecule has 0 unspecified atom stereocenters. The SMILES string of the molecule is CCN=c1ccc2c(-c3ccccc3C(=O)N(C)CCS(=O)(=O)O)c3ccc(NCC)cc3oc-2c1. The van der Waals surface area contributed by atoms with Gasteiger partial charge in [-0.2, -0.15) is 8.42 Å². The van der Waals surface area contributed by atoms with Gasteiger partial charge in [0, 0.05) is 66.6 Å². The summed E-state index contributed by atoms with van der Waals surface area (Å²) in [5, 5.41) is 4.94. The van der Waals surface area contributed by atoms with Crippen molar-refractivity contribution in [3.8, 4) is 22.5 Å². The molecule has 9 heteroatoms. The Balaban J connectivity index is 1.95. The van der Waals surface area contributed by atoms with Crippen molar-refractivity contribution < 1.29 is 22.2 Å². The molecule has 0 saturated carbocycles. The lowest BCUT2D eigenvalue weighted by Crippen LogP contribution is -2.31. The predicted octanol–water partition coefficient (Wildman–Crippen LogP) is 4.52. The summed E-state index contributed by atoms with van der Waals surface area (Å²) in [6.07, 6.45) is 0. The van der Waals surface area contributed by atoms with E-state index in [1.54, 1.807) is 12.1 Å². The van der Waals surface area contributed by atoms with Gasteiger partial charge in [-0.15, -0.1) is 0 Å². The summed E-state index contributed by atoms with van der Waals surface area (Å²) in [5.74, 6) is -0.245. The molecule has 0 atom stereocenters. The third-order valence-electron chi connectivity index (χ3n) is 5.89. The van der Waals surface area contributed by atoms with E-state index in [2.05, 4.69) is 10.3 Å². The number of carbonyl (C=O) groups excluding carboxylic acids is 1. The maximum Gasteiger partial charge on any atom is 0.266 e. The van der Waals surface area contributed by atoms with Crippen LogP contribution in [0.2, 0.25) is 0 Å². The molecule has 2 aromatic rings. The summed E-state index contributed by atoms with van der Waals surface area (Å²) >= 11 is 0. The summed E-state index contributed by atoms with van der Waals surface area (Å²) in [5.41, 5.74) is 4.36. The molecule has 0 saturated heterocycles. The van der Waals surface area contributed by atoms with Crippen molar-refractivity contribution in [2.75, 3.05) is 37.8 Å². The predicted molar refractivity (Wildman–Crippen MR) is 142 cm³/mol. The molecule has 0 fully saturated rings. The lowest BCUT2D eigenvalue weighted by atomic mass is 9.90. The minimum absolute atomic E-state index is 0.133. The van der Waals surface area contributed by atoms with Crippen molar-refractivity contribution in [3.05, 3.63) is 71.6 Å². The molecule has 2 aliphatic rings. The van der Waals surface area contributed by atoms with Crippen molar-refractivity contribution in [1.29, 1.82) is 0 Å². The standard InChI is InChI=1S/C27H29N3O5S/c1-4-28-18-10-12-22-24(16-18)35-25-17-19(29-5-2)11-13-23(25)26(22)20-8-6-7-9-21(20)27(31)30(3)14-15-36(32,33)34/h6-13,16-17,28H,4-5,14-15H2,1-3H3,(H,32,33,34). The Morgan fingerprint density at radius 3 is 2.56 bits per heavy atom. The van der Waals surface area contributed by atoms with E-state index in [4.69, 9.17) is 8.97 Å². The van der Waals surface area contributed by atoms with Crippen LogP contribution in [0.15, 0.2) is 70.1 Å². The van der Waals surface area contributed by atoms with Crippen molar-refractivity contribution in [1.82, 2.24) is 4.90 Å². The molecular formula is C27H29N3O5S. The largest absolute Gasteiger partial charge is 0.456 e. The van der Waals surface area contributed by atoms with Crippen LogP contribution in [-0.2, 0) is 10.1 Å². The van der Waals surface area contributed by atoms with E-state index >= 15 is 0 Å². The number of carbonyl (C=O) groups is 1. The van der Waals surface area contributed by atoms with E-state index in [1.165, 1.54) is 11.9 Å². The average molecular weight is 508 g/mol. The van der Waals surface area contributed by atoms with Crippen LogP contribution in [-0.4, -0.2) is 56.2 Å². The molecule has 8 nitrogen and oxygen atoms in total. The van der Waals surface area contributed by atoms with Gasteiger partial charge in [-0.3, -0.25) is 14.3 Å². The van der Waals surface area contributed by atoms with E-state index in [9.17, 15) is 13.2 Å². The van der Waals surface area contributed by atoms with Crippen molar-refractivity contribution in [3.63, 3.8) is 0 Å².